The minimum absolute atomic E-state index is 0.0283. The number of aliphatic imine (C=N–C) groups is 1. The van der Waals surface area contributed by atoms with Crippen molar-refractivity contribution >= 4 is 17.6 Å². The molecule has 214 valence electrons. The molecule has 2 amide bonds. The van der Waals surface area contributed by atoms with Crippen molar-refractivity contribution in [3.05, 3.63) is 35.4 Å². The molecule has 3 atom stereocenters. The van der Waals surface area contributed by atoms with Gasteiger partial charge in [0.15, 0.2) is 5.78 Å². The fraction of sp³-hybridized carbons (Fsp3) is 0.727. The molecule has 1 aromatic carbocycles. The van der Waals surface area contributed by atoms with E-state index in [0.717, 1.165) is 55.7 Å². The number of nitrogens with one attached hydrogen (secondary N) is 1. The van der Waals surface area contributed by atoms with Gasteiger partial charge in [0.2, 0.25) is 0 Å². The molecule has 1 unspecified atom stereocenters. The van der Waals surface area contributed by atoms with Gasteiger partial charge in [-0.15, -0.1) is 0 Å². The number of amidine groups is 1. The largest absolute Gasteiger partial charge is 0.387 e. The summed E-state index contributed by atoms with van der Waals surface area (Å²) in [4.78, 5) is 33.5. The zero-order valence-electron chi connectivity index (χ0n) is 24.1. The molecule has 6 nitrogen and oxygen atoms in total. The number of nitrogens with zero attached hydrogens (tertiary/aromatic N) is 2. The second kappa shape index (κ2) is 12.9. The van der Waals surface area contributed by atoms with Crippen LogP contribution in [-0.4, -0.2) is 40.7 Å². The van der Waals surface area contributed by atoms with Crippen LogP contribution in [0.25, 0.3) is 0 Å². The fourth-order valence-corrected chi connectivity index (χ4v) is 7.80. The standard InChI is InChI=1S/C33H50N4O2/c1-2-9-28-23-37(32(39)35-28)22-27-16-14-25(15-17-27)20-29-30(38)33(36-31(29)34,21-26-12-7-4-8-13-26)19-18-24-10-5-3-6-11-24/h14-17,24,26,28-29H,2-13,18-23H2,1H3,(H2,34,36)(H,35,39)/t28-,29?,33+/m0/s1. The van der Waals surface area contributed by atoms with Crippen molar-refractivity contribution in [3.8, 4) is 0 Å². The molecular formula is C33H50N4O2. The van der Waals surface area contributed by atoms with E-state index < -0.39 is 5.54 Å². The molecule has 39 heavy (non-hydrogen) atoms. The van der Waals surface area contributed by atoms with Crippen molar-refractivity contribution in [1.29, 1.82) is 0 Å². The van der Waals surface area contributed by atoms with Crippen LogP contribution in [0.3, 0.4) is 0 Å². The summed E-state index contributed by atoms with van der Waals surface area (Å²) < 4.78 is 0. The van der Waals surface area contributed by atoms with Crippen LogP contribution in [0.4, 0.5) is 4.79 Å². The number of rotatable bonds is 11. The highest BCUT2D eigenvalue weighted by molar-refractivity contribution is 6.13. The van der Waals surface area contributed by atoms with Crippen molar-refractivity contribution in [2.45, 2.75) is 128 Å². The normalized spacial score (nSPS) is 28.6. The predicted octanol–water partition coefficient (Wildman–Crippen LogP) is 6.55. The number of nitrogens with two attached hydrogens (primary N) is 1. The van der Waals surface area contributed by atoms with Crippen molar-refractivity contribution in [2.24, 2.45) is 28.5 Å². The summed E-state index contributed by atoms with van der Waals surface area (Å²) in [5.41, 5.74) is 8.20. The highest BCUT2D eigenvalue weighted by Crippen LogP contribution is 2.42. The lowest BCUT2D eigenvalue weighted by molar-refractivity contribution is -0.126. The van der Waals surface area contributed by atoms with E-state index in [1.165, 1.54) is 64.2 Å². The number of Topliss-reactive ketones (excluding diaryl/α,β-unsaturated/α-hetero) is 1. The van der Waals surface area contributed by atoms with E-state index in [9.17, 15) is 9.59 Å². The highest BCUT2D eigenvalue weighted by atomic mass is 16.2. The van der Waals surface area contributed by atoms with Crippen LogP contribution in [0.5, 0.6) is 0 Å². The zero-order chi connectivity index (χ0) is 27.2. The molecule has 0 spiro atoms. The van der Waals surface area contributed by atoms with Crippen molar-refractivity contribution in [1.82, 2.24) is 10.2 Å². The number of hydrogen-bond acceptors (Lipinski definition) is 4. The van der Waals surface area contributed by atoms with E-state index in [-0.39, 0.29) is 23.8 Å². The Labute approximate surface area is 235 Å². The van der Waals surface area contributed by atoms with Crippen molar-refractivity contribution in [3.63, 3.8) is 0 Å². The lowest BCUT2D eigenvalue weighted by Gasteiger charge is -2.33. The first kappa shape index (κ1) is 28.2. The molecule has 3 N–H and O–H groups in total. The maximum absolute atomic E-state index is 14.2. The SMILES string of the molecule is CCC[C@H]1CN(Cc2ccc(CC3C(=O)[C@@](CCC4CCCCC4)(CC4CCCCC4)N=C3N)cc2)C(=O)N1. The maximum Gasteiger partial charge on any atom is 0.318 e. The molecule has 0 aromatic heterocycles. The molecule has 2 aliphatic carbocycles. The van der Waals surface area contributed by atoms with Crippen LogP contribution < -0.4 is 11.1 Å². The summed E-state index contributed by atoms with van der Waals surface area (Å²) >= 11 is 0. The molecule has 2 aliphatic heterocycles. The van der Waals surface area contributed by atoms with Gasteiger partial charge in [0.1, 0.15) is 11.4 Å². The van der Waals surface area contributed by atoms with E-state index in [2.05, 4.69) is 36.5 Å². The van der Waals surface area contributed by atoms with Crippen molar-refractivity contribution in [2.75, 3.05) is 6.54 Å². The van der Waals surface area contributed by atoms with E-state index in [1.54, 1.807) is 0 Å². The molecule has 3 fully saturated rings. The quantitative estimate of drug-likeness (QED) is 0.337. The van der Waals surface area contributed by atoms with Gasteiger partial charge in [-0.3, -0.25) is 9.79 Å². The van der Waals surface area contributed by atoms with Crippen LogP contribution >= 0.6 is 0 Å². The molecule has 5 rings (SSSR count). The van der Waals surface area contributed by atoms with Gasteiger partial charge in [0.25, 0.3) is 0 Å². The van der Waals surface area contributed by atoms with Crippen LogP contribution in [0, 0.1) is 17.8 Å². The topological polar surface area (TPSA) is 87.8 Å². The number of urea groups is 1. The van der Waals surface area contributed by atoms with E-state index in [1.807, 2.05) is 4.90 Å². The summed E-state index contributed by atoms with van der Waals surface area (Å²) in [6.45, 7) is 3.53. The number of hydrogen-bond donors (Lipinski definition) is 2. The molecule has 2 saturated carbocycles. The average Bonchev–Trinajstić information content (AvgIpc) is 3.40. The van der Waals surface area contributed by atoms with Gasteiger partial charge in [0, 0.05) is 19.1 Å². The first-order chi connectivity index (χ1) is 19.0. The molecule has 2 heterocycles. The summed E-state index contributed by atoms with van der Waals surface area (Å²) in [7, 11) is 0. The molecular weight excluding hydrogens is 484 g/mol. The van der Waals surface area contributed by atoms with Crippen LogP contribution in [-0.2, 0) is 17.8 Å². The predicted molar refractivity (Wildman–Crippen MR) is 158 cm³/mol. The van der Waals surface area contributed by atoms with Gasteiger partial charge < -0.3 is 16.0 Å². The Morgan fingerprint density at radius 3 is 2.23 bits per heavy atom. The number of amides is 2. The van der Waals surface area contributed by atoms with Gasteiger partial charge in [-0.1, -0.05) is 102 Å². The number of ketones is 1. The molecule has 4 aliphatic rings. The Kier molecular flexibility index (Phi) is 9.29. The van der Waals surface area contributed by atoms with Crippen LogP contribution in [0.15, 0.2) is 29.3 Å². The Bertz CT molecular complexity index is 1010. The molecule has 1 aromatic rings. The number of carbonyl (C=O) groups excluding carboxylic acids is 2. The summed E-state index contributed by atoms with van der Waals surface area (Å²) in [6.07, 6.45) is 18.6. The monoisotopic (exact) mass is 534 g/mol. The van der Waals surface area contributed by atoms with E-state index >= 15 is 0 Å². The molecule has 1 saturated heterocycles. The third kappa shape index (κ3) is 6.86. The molecule has 0 bridgehead atoms. The van der Waals surface area contributed by atoms with Crippen LogP contribution in [0.2, 0.25) is 0 Å². The molecule has 0 radical (unpaired) electrons. The summed E-state index contributed by atoms with van der Waals surface area (Å²) in [6, 6.07) is 8.69. The minimum Gasteiger partial charge on any atom is -0.387 e. The van der Waals surface area contributed by atoms with Gasteiger partial charge >= 0.3 is 6.03 Å². The van der Waals surface area contributed by atoms with E-state index in [4.69, 9.17) is 10.7 Å². The van der Waals surface area contributed by atoms with Gasteiger partial charge in [-0.25, -0.2) is 4.79 Å². The first-order valence-electron chi connectivity index (χ1n) is 16.0. The second-order valence-corrected chi connectivity index (χ2v) is 13.1. The maximum atomic E-state index is 14.2. The average molecular weight is 535 g/mol. The lowest BCUT2D eigenvalue weighted by atomic mass is 9.72. The Hall–Kier alpha value is -2.37. The Morgan fingerprint density at radius 2 is 1.56 bits per heavy atom. The Balaban J connectivity index is 1.23. The summed E-state index contributed by atoms with van der Waals surface area (Å²) in [5.74, 6) is 1.86. The number of benzene rings is 1. The fourth-order valence-electron chi connectivity index (χ4n) is 7.80. The van der Waals surface area contributed by atoms with E-state index in [0.29, 0.717) is 24.7 Å². The Morgan fingerprint density at radius 1 is 0.923 bits per heavy atom. The third-order valence-electron chi connectivity index (χ3n) is 10.0. The van der Waals surface area contributed by atoms with Gasteiger partial charge in [-0.2, -0.15) is 0 Å². The van der Waals surface area contributed by atoms with Gasteiger partial charge in [-0.05, 0) is 55.1 Å². The third-order valence-corrected chi connectivity index (χ3v) is 10.0. The van der Waals surface area contributed by atoms with Crippen LogP contribution in [0.1, 0.15) is 114 Å². The number of carbonyl (C=O) groups is 2. The smallest absolute Gasteiger partial charge is 0.318 e. The highest BCUT2D eigenvalue weighted by Gasteiger charge is 2.49. The minimum atomic E-state index is -0.605. The molecule has 6 heteroatoms. The zero-order valence-corrected chi connectivity index (χ0v) is 24.1. The lowest BCUT2D eigenvalue weighted by Crippen LogP contribution is -2.40. The first-order valence-corrected chi connectivity index (χ1v) is 16.0. The second-order valence-electron chi connectivity index (χ2n) is 13.1. The van der Waals surface area contributed by atoms with Gasteiger partial charge in [0.05, 0.1) is 5.92 Å². The summed E-state index contributed by atoms with van der Waals surface area (Å²) in [5, 5.41) is 3.08. The van der Waals surface area contributed by atoms with Crippen molar-refractivity contribution < 1.29 is 9.59 Å².